The van der Waals surface area contributed by atoms with E-state index in [9.17, 15) is 22.8 Å². The van der Waals surface area contributed by atoms with Gasteiger partial charge >= 0.3 is 6.18 Å². The Morgan fingerprint density at radius 1 is 1.25 bits per heavy atom. The van der Waals surface area contributed by atoms with Crippen LogP contribution in [-0.2, 0) is 9.59 Å². The molecule has 0 aliphatic carbocycles. The summed E-state index contributed by atoms with van der Waals surface area (Å²) in [6, 6.07) is 8.82. The third kappa shape index (κ3) is 5.75. The number of benzene rings is 1. The lowest BCUT2D eigenvalue weighted by Crippen LogP contribution is -2.48. The van der Waals surface area contributed by atoms with Crippen LogP contribution in [0.5, 0.6) is 5.75 Å². The fourth-order valence-electron chi connectivity index (χ4n) is 2.50. The molecular weight excluding hydrogens is 325 g/mol. The monoisotopic (exact) mass is 344 g/mol. The fourth-order valence-corrected chi connectivity index (χ4v) is 2.50. The number of ether oxygens (including phenoxy) is 1. The van der Waals surface area contributed by atoms with E-state index >= 15 is 0 Å². The molecule has 1 aliphatic heterocycles. The first-order valence-corrected chi connectivity index (χ1v) is 7.65. The van der Waals surface area contributed by atoms with Crippen LogP contribution in [0.25, 0.3) is 0 Å². The Morgan fingerprint density at radius 3 is 2.62 bits per heavy atom. The van der Waals surface area contributed by atoms with E-state index in [-0.39, 0.29) is 19.1 Å². The molecule has 1 saturated heterocycles. The van der Waals surface area contributed by atoms with Gasteiger partial charge in [0.1, 0.15) is 12.3 Å². The second kappa shape index (κ2) is 8.03. The molecule has 1 N–H and O–H groups in total. The molecule has 0 radical (unpaired) electrons. The first-order chi connectivity index (χ1) is 11.3. The van der Waals surface area contributed by atoms with Crippen LogP contribution in [0.2, 0.25) is 0 Å². The first-order valence-electron chi connectivity index (χ1n) is 7.65. The molecule has 1 fully saturated rings. The Balaban J connectivity index is 1.81. The Kier molecular flexibility index (Phi) is 6.05. The summed E-state index contributed by atoms with van der Waals surface area (Å²) >= 11 is 0. The van der Waals surface area contributed by atoms with Gasteiger partial charge in [-0.2, -0.15) is 13.2 Å². The van der Waals surface area contributed by atoms with Crippen molar-refractivity contribution >= 4 is 11.8 Å². The van der Waals surface area contributed by atoms with Crippen LogP contribution in [0, 0.1) is 5.92 Å². The number of amides is 2. The molecule has 1 heterocycles. The van der Waals surface area contributed by atoms with Gasteiger partial charge < -0.3 is 15.0 Å². The van der Waals surface area contributed by atoms with Crippen molar-refractivity contribution < 1.29 is 27.5 Å². The number of nitrogens with one attached hydrogen (secondary N) is 1. The number of nitrogens with zero attached hydrogens (tertiary/aromatic N) is 1. The number of alkyl halides is 3. The molecule has 1 aromatic rings. The molecule has 0 aromatic heterocycles. The topological polar surface area (TPSA) is 58.6 Å². The molecule has 0 bridgehead atoms. The van der Waals surface area contributed by atoms with Crippen molar-refractivity contribution in [1.29, 1.82) is 0 Å². The number of para-hydroxylation sites is 1. The molecule has 132 valence electrons. The van der Waals surface area contributed by atoms with Crippen molar-refractivity contribution in [3.8, 4) is 5.75 Å². The van der Waals surface area contributed by atoms with Crippen molar-refractivity contribution in [3.63, 3.8) is 0 Å². The van der Waals surface area contributed by atoms with E-state index in [4.69, 9.17) is 4.74 Å². The molecule has 2 rings (SSSR count). The normalized spacial score (nSPS) is 18.1. The number of hydrogen-bond acceptors (Lipinski definition) is 3. The Hall–Kier alpha value is -2.25. The van der Waals surface area contributed by atoms with E-state index in [1.165, 1.54) is 4.90 Å². The minimum atomic E-state index is -4.44. The van der Waals surface area contributed by atoms with E-state index in [0.717, 1.165) is 0 Å². The van der Waals surface area contributed by atoms with Gasteiger partial charge in [0, 0.05) is 13.1 Å². The largest absolute Gasteiger partial charge is 0.484 e. The quantitative estimate of drug-likeness (QED) is 0.889. The molecular formula is C16H19F3N2O3. The number of carbonyl (C=O) groups is 2. The molecule has 1 unspecified atom stereocenters. The highest BCUT2D eigenvalue weighted by Crippen LogP contribution is 2.18. The zero-order valence-corrected chi connectivity index (χ0v) is 13.0. The molecule has 0 spiro atoms. The number of hydrogen-bond donors (Lipinski definition) is 1. The SMILES string of the molecule is O=C(NCC(F)(F)F)C1CCCN(C(=O)COc2ccccc2)C1. The van der Waals surface area contributed by atoms with Crippen LogP contribution < -0.4 is 10.1 Å². The molecule has 24 heavy (non-hydrogen) atoms. The van der Waals surface area contributed by atoms with Crippen LogP contribution in [0.3, 0.4) is 0 Å². The number of carbonyl (C=O) groups excluding carboxylic acids is 2. The maximum atomic E-state index is 12.2. The van der Waals surface area contributed by atoms with Gasteiger partial charge in [0.2, 0.25) is 5.91 Å². The van der Waals surface area contributed by atoms with Gasteiger partial charge in [-0.1, -0.05) is 18.2 Å². The van der Waals surface area contributed by atoms with Gasteiger partial charge in [-0.15, -0.1) is 0 Å². The highest BCUT2D eigenvalue weighted by Gasteiger charge is 2.32. The average Bonchev–Trinajstić information content (AvgIpc) is 2.58. The Morgan fingerprint density at radius 2 is 1.96 bits per heavy atom. The first kappa shape index (κ1) is 18.1. The highest BCUT2D eigenvalue weighted by atomic mass is 19.4. The zero-order chi connectivity index (χ0) is 17.6. The summed E-state index contributed by atoms with van der Waals surface area (Å²) in [6.45, 7) is -0.936. The average molecular weight is 344 g/mol. The second-order valence-electron chi connectivity index (χ2n) is 5.61. The van der Waals surface area contributed by atoms with Crippen LogP contribution in [0.1, 0.15) is 12.8 Å². The predicted molar refractivity (Wildman–Crippen MR) is 80.3 cm³/mol. The number of piperidine rings is 1. The van der Waals surface area contributed by atoms with Crippen molar-refractivity contribution in [1.82, 2.24) is 10.2 Å². The van der Waals surface area contributed by atoms with Gasteiger partial charge in [-0.05, 0) is 25.0 Å². The fraction of sp³-hybridized carbons (Fsp3) is 0.500. The summed E-state index contributed by atoms with van der Waals surface area (Å²) in [5, 5.41) is 1.88. The minimum Gasteiger partial charge on any atom is -0.484 e. The molecule has 8 heteroatoms. The van der Waals surface area contributed by atoms with Crippen LogP contribution in [0.15, 0.2) is 30.3 Å². The number of halogens is 3. The summed E-state index contributed by atoms with van der Waals surface area (Å²) in [5.41, 5.74) is 0. The van der Waals surface area contributed by atoms with Crippen LogP contribution in [0.4, 0.5) is 13.2 Å². The summed E-state index contributed by atoms with van der Waals surface area (Å²) in [5.74, 6) is -1.02. The second-order valence-corrected chi connectivity index (χ2v) is 5.61. The van der Waals surface area contributed by atoms with E-state index < -0.39 is 24.5 Å². The Labute approximate surface area is 137 Å². The van der Waals surface area contributed by atoms with Crippen LogP contribution in [-0.4, -0.2) is 49.1 Å². The summed E-state index contributed by atoms with van der Waals surface area (Å²) in [4.78, 5) is 25.4. The van der Waals surface area contributed by atoms with Gasteiger partial charge in [0.05, 0.1) is 5.92 Å². The van der Waals surface area contributed by atoms with Gasteiger partial charge in [-0.25, -0.2) is 0 Å². The summed E-state index contributed by atoms with van der Waals surface area (Å²) in [7, 11) is 0. The van der Waals surface area contributed by atoms with E-state index in [1.807, 2.05) is 11.4 Å². The van der Waals surface area contributed by atoms with Crippen LogP contribution >= 0.6 is 0 Å². The molecule has 2 amide bonds. The number of likely N-dealkylation sites (tertiary alicyclic amines) is 1. The third-order valence-electron chi connectivity index (χ3n) is 3.71. The predicted octanol–water partition coefficient (Wildman–Crippen LogP) is 1.98. The highest BCUT2D eigenvalue weighted by molar-refractivity contribution is 5.82. The Bertz CT molecular complexity index is 563. The lowest BCUT2D eigenvalue weighted by atomic mass is 9.97. The number of rotatable bonds is 5. The third-order valence-corrected chi connectivity index (χ3v) is 3.71. The van der Waals surface area contributed by atoms with Crippen molar-refractivity contribution in [2.24, 2.45) is 5.92 Å². The van der Waals surface area contributed by atoms with E-state index in [0.29, 0.717) is 25.1 Å². The lowest BCUT2D eigenvalue weighted by molar-refractivity contribution is -0.144. The molecule has 1 atom stereocenters. The smallest absolute Gasteiger partial charge is 0.405 e. The summed E-state index contributed by atoms with van der Waals surface area (Å²) in [6.07, 6.45) is -3.41. The molecule has 1 aromatic carbocycles. The van der Waals surface area contributed by atoms with Gasteiger partial charge in [0.15, 0.2) is 6.61 Å². The standard InChI is InChI=1S/C16H19F3N2O3/c17-16(18,19)11-20-15(23)12-5-4-8-21(9-12)14(22)10-24-13-6-2-1-3-7-13/h1-3,6-7,12H,4-5,8-11H2,(H,20,23). The minimum absolute atomic E-state index is 0.112. The molecule has 5 nitrogen and oxygen atoms in total. The van der Waals surface area contributed by atoms with Gasteiger partial charge in [0.25, 0.3) is 5.91 Å². The molecule has 1 aliphatic rings. The van der Waals surface area contributed by atoms with Crippen molar-refractivity contribution in [2.75, 3.05) is 26.2 Å². The van der Waals surface area contributed by atoms with Gasteiger partial charge in [-0.3, -0.25) is 9.59 Å². The van der Waals surface area contributed by atoms with E-state index in [2.05, 4.69) is 0 Å². The van der Waals surface area contributed by atoms with Crippen molar-refractivity contribution in [2.45, 2.75) is 19.0 Å². The maximum Gasteiger partial charge on any atom is 0.405 e. The lowest BCUT2D eigenvalue weighted by Gasteiger charge is -2.32. The molecule has 0 saturated carbocycles. The van der Waals surface area contributed by atoms with Crippen molar-refractivity contribution in [3.05, 3.63) is 30.3 Å². The maximum absolute atomic E-state index is 12.2. The summed E-state index contributed by atoms with van der Waals surface area (Å²) < 4.78 is 41.8. The zero-order valence-electron chi connectivity index (χ0n) is 13.0. The van der Waals surface area contributed by atoms with E-state index in [1.54, 1.807) is 24.3 Å².